The zero-order chi connectivity index (χ0) is 13.8. The second kappa shape index (κ2) is 6.40. The fourth-order valence-corrected chi connectivity index (χ4v) is 3.41. The SMILES string of the molecule is COc1ccc(C)cc1CC(NN)C1CCCC1C. The van der Waals surface area contributed by atoms with Gasteiger partial charge < -0.3 is 4.74 Å². The van der Waals surface area contributed by atoms with Gasteiger partial charge in [-0.25, -0.2) is 0 Å². The highest BCUT2D eigenvalue weighted by Crippen LogP contribution is 2.35. The molecule has 3 N–H and O–H groups in total. The van der Waals surface area contributed by atoms with Gasteiger partial charge in [-0.3, -0.25) is 11.3 Å². The van der Waals surface area contributed by atoms with E-state index in [1.54, 1.807) is 7.11 Å². The van der Waals surface area contributed by atoms with Crippen molar-refractivity contribution in [1.29, 1.82) is 0 Å². The second-order valence-corrected chi connectivity index (χ2v) is 5.86. The molecule has 1 fully saturated rings. The van der Waals surface area contributed by atoms with Gasteiger partial charge in [0.15, 0.2) is 0 Å². The van der Waals surface area contributed by atoms with Gasteiger partial charge in [-0.1, -0.05) is 37.5 Å². The van der Waals surface area contributed by atoms with Crippen LogP contribution in [-0.4, -0.2) is 13.2 Å². The number of methoxy groups -OCH3 is 1. The van der Waals surface area contributed by atoms with Crippen molar-refractivity contribution in [2.75, 3.05) is 7.11 Å². The highest BCUT2D eigenvalue weighted by atomic mass is 16.5. The van der Waals surface area contributed by atoms with Crippen LogP contribution in [0.2, 0.25) is 0 Å². The van der Waals surface area contributed by atoms with E-state index in [4.69, 9.17) is 10.6 Å². The molecule has 1 aromatic rings. The van der Waals surface area contributed by atoms with E-state index in [0.717, 1.165) is 18.1 Å². The van der Waals surface area contributed by atoms with Crippen molar-refractivity contribution < 1.29 is 4.74 Å². The van der Waals surface area contributed by atoms with Gasteiger partial charge in [-0.2, -0.15) is 0 Å². The Balaban J connectivity index is 2.15. The highest BCUT2D eigenvalue weighted by Gasteiger charge is 2.30. The Morgan fingerprint density at radius 3 is 2.79 bits per heavy atom. The van der Waals surface area contributed by atoms with Crippen molar-refractivity contribution in [1.82, 2.24) is 5.43 Å². The maximum atomic E-state index is 5.80. The van der Waals surface area contributed by atoms with Gasteiger partial charge in [0.05, 0.1) is 7.11 Å². The van der Waals surface area contributed by atoms with Crippen LogP contribution in [0, 0.1) is 18.8 Å². The smallest absolute Gasteiger partial charge is 0.122 e. The molecule has 0 spiro atoms. The lowest BCUT2D eigenvalue weighted by Crippen LogP contribution is -2.43. The first-order valence-corrected chi connectivity index (χ1v) is 7.25. The third-order valence-electron chi connectivity index (χ3n) is 4.53. The summed E-state index contributed by atoms with van der Waals surface area (Å²) >= 11 is 0. The number of nitrogens with one attached hydrogen (secondary N) is 1. The molecule has 0 bridgehead atoms. The van der Waals surface area contributed by atoms with Gasteiger partial charge in [0.2, 0.25) is 0 Å². The molecule has 1 aliphatic rings. The number of hydrazine groups is 1. The van der Waals surface area contributed by atoms with Gasteiger partial charge in [-0.05, 0) is 43.2 Å². The lowest BCUT2D eigenvalue weighted by molar-refractivity contribution is 0.294. The molecule has 3 heteroatoms. The minimum atomic E-state index is 0.341. The quantitative estimate of drug-likeness (QED) is 0.633. The van der Waals surface area contributed by atoms with Gasteiger partial charge in [0.25, 0.3) is 0 Å². The van der Waals surface area contributed by atoms with Crippen LogP contribution in [0.3, 0.4) is 0 Å². The molecular weight excluding hydrogens is 236 g/mol. The van der Waals surface area contributed by atoms with Crippen molar-refractivity contribution in [3.63, 3.8) is 0 Å². The predicted octanol–water partition coefficient (Wildman–Crippen LogP) is 2.81. The first-order chi connectivity index (χ1) is 9.15. The molecule has 0 heterocycles. The molecule has 1 saturated carbocycles. The zero-order valence-corrected chi connectivity index (χ0v) is 12.3. The number of benzene rings is 1. The Hall–Kier alpha value is -1.06. The summed E-state index contributed by atoms with van der Waals surface area (Å²) < 4.78 is 5.47. The van der Waals surface area contributed by atoms with Crippen LogP contribution in [0.25, 0.3) is 0 Å². The third-order valence-corrected chi connectivity index (χ3v) is 4.53. The van der Waals surface area contributed by atoms with Crippen LogP contribution in [0.5, 0.6) is 5.75 Å². The van der Waals surface area contributed by atoms with Gasteiger partial charge in [0.1, 0.15) is 5.75 Å². The van der Waals surface area contributed by atoms with Crippen molar-refractivity contribution in [2.24, 2.45) is 17.7 Å². The fraction of sp³-hybridized carbons (Fsp3) is 0.625. The summed E-state index contributed by atoms with van der Waals surface area (Å²) in [6.07, 6.45) is 4.88. The number of nitrogens with two attached hydrogens (primary N) is 1. The van der Waals surface area contributed by atoms with Crippen molar-refractivity contribution in [3.8, 4) is 5.75 Å². The minimum Gasteiger partial charge on any atom is -0.496 e. The van der Waals surface area contributed by atoms with Crippen LogP contribution < -0.4 is 16.0 Å². The summed E-state index contributed by atoms with van der Waals surface area (Å²) in [5.74, 6) is 8.21. The van der Waals surface area contributed by atoms with E-state index in [0.29, 0.717) is 12.0 Å². The Bertz CT molecular complexity index is 419. The summed E-state index contributed by atoms with van der Waals surface area (Å²) in [6.45, 7) is 4.46. The van der Waals surface area contributed by atoms with Crippen molar-refractivity contribution in [2.45, 2.75) is 45.6 Å². The molecule has 0 saturated heterocycles. The maximum absolute atomic E-state index is 5.80. The van der Waals surface area contributed by atoms with E-state index in [-0.39, 0.29) is 0 Å². The normalized spacial score (nSPS) is 24.4. The number of hydrogen-bond acceptors (Lipinski definition) is 3. The highest BCUT2D eigenvalue weighted by molar-refractivity contribution is 5.37. The fourth-order valence-electron chi connectivity index (χ4n) is 3.41. The number of ether oxygens (including phenoxy) is 1. The summed E-state index contributed by atoms with van der Waals surface area (Å²) in [4.78, 5) is 0. The number of aryl methyl sites for hydroxylation is 1. The van der Waals surface area contributed by atoms with Crippen LogP contribution in [-0.2, 0) is 6.42 Å². The lowest BCUT2D eigenvalue weighted by atomic mass is 9.86. The standard InChI is InChI=1S/C16H26N2O/c1-11-7-8-16(19-3)13(9-11)10-15(18-17)14-6-4-5-12(14)2/h7-9,12,14-15,18H,4-6,10,17H2,1-3H3. The summed E-state index contributed by atoms with van der Waals surface area (Å²) in [7, 11) is 1.73. The van der Waals surface area contributed by atoms with E-state index >= 15 is 0 Å². The molecular formula is C16H26N2O. The van der Waals surface area contributed by atoms with Crippen LogP contribution in [0.1, 0.15) is 37.3 Å². The molecule has 1 aliphatic carbocycles. The molecule has 0 amide bonds. The van der Waals surface area contributed by atoms with E-state index in [9.17, 15) is 0 Å². The predicted molar refractivity (Wildman–Crippen MR) is 79.1 cm³/mol. The molecule has 0 aromatic heterocycles. The van der Waals surface area contributed by atoms with Crippen LogP contribution in [0.15, 0.2) is 18.2 Å². The molecule has 2 rings (SSSR count). The number of rotatable bonds is 5. The van der Waals surface area contributed by atoms with Crippen molar-refractivity contribution in [3.05, 3.63) is 29.3 Å². The third kappa shape index (κ3) is 3.28. The molecule has 106 valence electrons. The maximum Gasteiger partial charge on any atom is 0.122 e. The Morgan fingerprint density at radius 2 is 2.21 bits per heavy atom. The van der Waals surface area contributed by atoms with E-state index in [1.807, 2.05) is 0 Å². The van der Waals surface area contributed by atoms with Crippen molar-refractivity contribution >= 4 is 0 Å². The molecule has 3 nitrogen and oxygen atoms in total. The zero-order valence-electron chi connectivity index (χ0n) is 12.3. The van der Waals surface area contributed by atoms with Gasteiger partial charge in [-0.15, -0.1) is 0 Å². The molecule has 3 atom stereocenters. The molecule has 3 unspecified atom stereocenters. The van der Waals surface area contributed by atoms with Crippen LogP contribution in [0.4, 0.5) is 0 Å². The Morgan fingerprint density at radius 1 is 1.42 bits per heavy atom. The summed E-state index contributed by atoms with van der Waals surface area (Å²) in [6, 6.07) is 6.69. The first kappa shape index (κ1) is 14.4. The molecule has 0 aliphatic heterocycles. The molecule has 19 heavy (non-hydrogen) atoms. The first-order valence-electron chi connectivity index (χ1n) is 7.25. The molecule has 1 aromatic carbocycles. The van der Waals surface area contributed by atoms with Crippen LogP contribution >= 0.6 is 0 Å². The van der Waals surface area contributed by atoms with E-state index in [2.05, 4.69) is 37.5 Å². The topological polar surface area (TPSA) is 47.3 Å². The average molecular weight is 262 g/mol. The largest absolute Gasteiger partial charge is 0.496 e. The molecule has 0 radical (unpaired) electrons. The van der Waals surface area contributed by atoms with Gasteiger partial charge in [0, 0.05) is 6.04 Å². The summed E-state index contributed by atoms with van der Waals surface area (Å²) in [5, 5.41) is 0. The second-order valence-electron chi connectivity index (χ2n) is 5.86. The summed E-state index contributed by atoms with van der Waals surface area (Å²) in [5.41, 5.74) is 5.56. The van der Waals surface area contributed by atoms with E-state index < -0.39 is 0 Å². The Kier molecular flexibility index (Phi) is 4.83. The monoisotopic (exact) mass is 262 g/mol. The van der Waals surface area contributed by atoms with Gasteiger partial charge >= 0.3 is 0 Å². The number of hydrogen-bond donors (Lipinski definition) is 2. The lowest BCUT2D eigenvalue weighted by Gasteiger charge is -2.27. The minimum absolute atomic E-state index is 0.341. The van der Waals surface area contributed by atoms with E-state index in [1.165, 1.54) is 30.4 Å². The Labute approximate surface area is 116 Å². The average Bonchev–Trinajstić information content (AvgIpc) is 2.82.